The van der Waals surface area contributed by atoms with Gasteiger partial charge in [0.25, 0.3) is 0 Å². The highest BCUT2D eigenvalue weighted by Gasteiger charge is 2.32. The van der Waals surface area contributed by atoms with Gasteiger partial charge in [-0.3, -0.25) is 0 Å². The lowest BCUT2D eigenvalue weighted by atomic mass is 9.74. The molecule has 0 heterocycles. The van der Waals surface area contributed by atoms with Crippen LogP contribution in [0.1, 0.15) is 63.4 Å². The topological polar surface area (TPSA) is 12.0 Å². The quantitative estimate of drug-likeness (QED) is 0.844. The molecule has 1 aromatic carbocycles. The molecule has 2 fully saturated rings. The van der Waals surface area contributed by atoms with E-state index in [9.17, 15) is 4.39 Å². The summed E-state index contributed by atoms with van der Waals surface area (Å²) in [5.74, 6) is 1.45. The van der Waals surface area contributed by atoms with E-state index < -0.39 is 0 Å². The molecule has 0 bridgehead atoms. The predicted molar refractivity (Wildman–Crippen MR) is 81.3 cm³/mol. The number of hydrogen-bond donors (Lipinski definition) is 1. The summed E-state index contributed by atoms with van der Waals surface area (Å²) in [5, 5.41) is 3.86. The van der Waals surface area contributed by atoms with Gasteiger partial charge in [-0.05, 0) is 55.2 Å². The van der Waals surface area contributed by atoms with Gasteiger partial charge in [0, 0.05) is 12.1 Å². The van der Waals surface area contributed by atoms with Crippen molar-refractivity contribution in [2.45, 2.75) is 69.9 Å². The largest absolute Gasteiger partial charge is 0.311 e. The minimum absolute atomic E-state index is 0.129. The van der Waals surface area contributed by atoms with E-state index >= 15 is 0 Å². The lowest BCUT2D eigenvalue weighted by molar-refractivity contribution is 0.209. The fourth-order valence-corrected chi connectivity index (χ4v) is 3.91. The summed E-state index contributed by atoms with van der Waals surface area (Å²) < 4.78 is 12.9. The molecule has 0 aromatic heterocycles. The standard InChI is InChI=1S/C18H26FN/c1-2-13-4-3-5-17(10-13)20-18-11-15(12-18)14-6-8-16(19)9-7-14/h6-9,13,15,17-18,20H,2-5,10-12H2,1H3. The second kappa shape index (κ2) is 6.26. The van der Waals surface area contributed by atoms with Crippen molar-refractivity contribution < 1.29 is 4.39 Å². The molecule has 1 aromatic rings. The Morgan fingerprint density at radius 1 is 1.05 bits per heavy atom. The number of hydrogen-bond acceptors (Lipinski definition) is 1. The van der Waals surface area contributed by atoms with Crippen LogP contribution in [0.5, 0.6) is 0 Å². The van der Waals surface area contributed by atoms with E-state index in [1.54, 1.807) is 12.1 Å². The van der Waals surface area contributed by atoms with Gasteiger partial charge >= 0.3 is 0 Å². The Balaban J connectivity index is 1.45. The van der Waals surface area contributed by atoms with Gasteiger partial charge in [-0.2, -0.15) is 0 Å². The van der Waals surface area contributed by atoms with Crippen molar-refractivity contribution in [3.05, 3.63) is 35.6 Å². The molecule has 1 N–H and O–H groups in total. The normalized spacial score (nSPS) is 33.7. The van der Waals surface area contributed by atoms with E-state index in [0.29, 0.717) is 12.0 Å². The number of nitrogens with one attached hydrogen (secondary N) is 1. The molecule has 0 aliphatic heterocycles. The first-order valence-corrected chi connectivity index (χ1v) is 8.26. The molecule has 0 radical (unpaired) electrons. The SMILES string of the molecule is CCC1CCCC(NC2CC(c3ccc(F)cc3)C2)C1. The molecule has 20 heavy (non-hydrogen) atoms. The van der Waals surface area contributed by atoms with Crippen molar-refractivity contribution >= 4 is 0 Å². The third-order valence-electron chi connectivity index (χ3n) is 5.31. The molecular formula is C18H26FN. The molecular weight excluding hydrogens is 249 g/mol. The maximum Gasteiger partial charge on any atom is 0.123 e. The molecule has 2 unspecified atom stereocenters. The third kappa shape index (κ3) is 3.22. The fourth-order valence-electron chi connectivity index (χ4n) is 3.91. The van der Waals surface area contributed by atoms with Gasteiger partial charge in [-0.15, -0.1) is 0 Å². The van der Waals surface area contributed by atoms with Crippen molar-refractivity contribution in [1.29, 1.82) is 0 Å². The zero-order valence-electron chi connectivity index (χ0n) is 12.4. The van der Waals surface area contributed by atoms with E-state index in [-0.39, 0.29) is 5.82 Å². The summed E-state index contributed by atoms with van der Waals surface area (Å²) >= 11 is 0. The van der Waals surface area contributed by atoms with E-state index in [1.807, 2.05) is 12.1 Å². The number of benzene rings is 1. The number of halogens is 1. The Morgan fingerprint density at radius 2 is 1.80 bits per heavy atom. The van der Waals surface area contributed by atoms with E-state index in [4.69, 9.17) is 0 Å². The van der Waals surface area contributed by atoms with Crippen molar-refractivity contribution in [2.75, 3.05) is 0 Å². The van der Waals surface area contributed by atoms with Crippen LogP contribution in [0, 0.1) is 11.7 Å². The van der Waals surface area contributed by atoms with Crippen LogP contribution >= 0.6 is 0 Å². The van der Waals surface area contributed by atoms with Crippen LogP contribution in [0.15, 0.2) is 24.3 Å². The summed E-state index contributed by atoms with van der Waals surface area (Å²) in [5.41, 5.74) is 1.31. The van der Waals surface area contributed by atoms with Crippen LogP contribution in [0.4, 0.5) is 4.39 Å². The molecule has 2 aliphatic carbocycles. The van der Waals surface area contributed by atoms with E-state index in [0.717, 1.165) is 12.0 Å². The molecule has 0 saturated heterocycles. The molecule has 1 nitrogen and oxygen atoms in total. The first kappa shape index (κ1) is 14.1. The van der Waals surface area contributed by atoms with Crippen molar-refractivity contribution in [3.8, 4) is 0 Å². The highest BCUT2D eigenvalue weighted by Crippen LogP contribution is 2.38. The minimum Gasteiger partial charge on any atom is -0.311 e. The molecule has 110 valence electrons. The maximum absolute atomic E-state index is 12.9. The van der Waals surface area contributed by atoms with Crippen LogP contribution in [0.3, 0.4) is 0 Å². The monoisotopic (exact) mass is 275 g/mol. The summed E-state index contributed by atoms with van der Waals surface area (Å²) in [6.07, 6.45) is 9.32. The minimum atomic E-state index is -0.129. The Kier molecular flexibility index (Phi) is 4.40. The molecule has 2 aliphatic rings. The van der Waals surface area contributed by atoms with Gasteiger partial charge in [0.15, 0.2) is 0 Å². The first-order chi connectivity index (χ1) is 9.74. The van der Waals surface area contributed by atoms with Gasteiger partial charge in [-0.1, -0.05) is 38.3 Å². The lowest BCUT2D eigenvalue weighted by Gasteiger charge is -2.40. The molecule has 2 atom stereocenters. The lowest BCUT2D eigenvalue weighted by Crippen LogP contribution is -2.47. The zero-order chi connectivity index (χ0) is 13.9. The van der Waals surface area contributed by atoms with Crippen LogP contribution in [0.25, 0.3) is 0 Å². The second-order valence-corrected chi connectivity index (χ2v) is 6.72. The second-order valence-electron chi connectivity index (χ2n) is 6.72. The zero-order valence-corrected chi connectivity index (χ0v) is 12.4. The molecule has 2 heteroatoms. The Labute approximate surface area is 122 Å². The maximum atomic E-state index is 12.9. The van der Waals surface area contributed by atoms with Crippen LogP contribution in [-0.4, -0.2) is 12.1 Å². The van der Waals surface area contributed by atoms with Crippen LogP contribution < -0.4 is 5.32 Å². The van der Waals surface area contributed by atoms with E-state index in [2.05, 4.69) is 12.2 Å². The van der Waals surface area contributed by atoms with E-state index in [1.165, 1.54) is 50.5 Å². The summed E-state index contributed by atoms with van der Waals surface area (Å²) in [6, 6.07) is 8.50. The van der Waals surface area contributed by atoms with Gasteiger partial charge in [0.05, 0.1) is 0 Å². The van der Waals surface area contributed by atoms with Crippen molar-refractivity contribution in [1.82, 2.24) is 5.32 Å². The molecule has 0 spiro atoms. The Hall–Kier alpha value is -0.890. The fraction of sp³-hybridized carbons (Fsp3) is 0.667. The molecule has 0 amide bonds. The Morgan fingerprint density at radius 3 is 2.50 bits per heavy atom. The summed E-state index contributed by atoms with van der Waals surface area (Å²) in [7, 11) is 0. The highest BCUT2D eigenvalue weighted by atomic mass is 19.1. The summed E-state index contributed by atoms with van der Waals surface area (Å²) in [6.45, 7) is 2.32. The van der Waals surface area contributed by atoms with Crippen molar-refractivity contribution in [3.63, 3.8) is 0 Å². The first-order valence-electron chi connectivity index (χ1n) is 8.26. The molecule has 2 saturated carbocycles. The predicted octanol–water partition coefficient (Wildman–Crippen LogP) is 4.63. The van der Waals surface area contributed by atoms with Gasteiger partial charge in [0.1, 0.15) is 5.82 Å². The Bertz CT molecular complexity index is 422. The van der Waals surface area contributed by atoms with Gasteiger partial charge in [0.2, 0.25) is 0 Å². The summed E-state index contributed by atoms with van der Waals surface area (Å²) in [4.78, 5) is 0. The van der Waals surface area contributed by atoms with Gasteiger partial charge in [-0.25, -0.2) is 4.39 Å². The smallest absolute Gasteiger partial charge is 0.123 e. The van der Waals surface area contributed by atoms with Gasteiger partial charge < -0.3 is 5.32 Å². The highest BCUT2D eigenvalue weighted by molar-refractivity contribution is 5.23. The van der Waals surface area contributed by atoms with Crippen LogP contribution in [-0.2, 0) is 0 Å². The average Bonchev–Trinajstić information content (AvgIpc) is 2.44. The molecule has 3 rings (SSSR count). The average molecular weight is 275 g/mol. The number of rotatable bonds is 4. The van der Waals surface area contributed by atoms with Crippen LogP contribution in [0.2, 0.25) is 0 Å². The third-order valence-corrected chi connectivity index (χ3v) is 5.31. The van der Waals surface area contributed by atoms with Crippen molar-refractivity contribution in [2.24, 2.45) is 5.92 Å².